The van der Waals surface area contributed by atoms with E-state index in [1.165, 1.54) is 193 Å². The van der Waals surface area contributed by atoms with E-state index in [0.717, 1.165) is 11.8 Å². The predicted molar refractivity (Wildman–Crippen MR) is 177 cm³/mol. The Kier molecular flexibility index (Phi) is 25.4. The van der Waals surface area contributed by atoms with Gasteiger partial charge in [0.2, 0.25) is 0 Å². The maximum atomic E-state index is 2.59. The molecule has 0 aromatic rings. The Balaban J connectivity index is 1.79. The Morgan fingerprint density at radius 1 is 0.256 bits per heavy atom. The van der Waals surface area contributed by atoms with Gasteiger partial charge in [0, 0.05) is 0 Å². The molecule has 2 atom stereocenters. The summed E-state index contributed by atoms with van der Waals surface area (Å²) >= 11 is 0. The fourth-order valence-electron chi connectivity index (χ4n) is 7.59. The number of hydrogen-bond donors (Lipinski definition) is 0. The van der Waals surface area contributed by atoms with E-state index in [0.29, 0.717) is 0 Å². The van der Waals surface area contributed by atoms with E-state index in [-0.39, 0.29) is 0 Å². The Morgan fingerprint density at radius 2 is 0.462 bits per heavy atom. The van der Waals surface area contributed by atoms with Crippen LogP contribution in [0.5, 0.6) is 0 Å². The first-order valence-electron chi connectivity index (χ1n) is 19.1. The van der Waals surface area contributed by atoms with Gasteiger partial charge >= 0.3 is 0 Å². The van der Waals surface area contributed by atoms with Crippen LogP contribution in [-0.4, -0.2) is 0 Å². The molecule has 0 nitrogen and oxygen atoms in total. The van der Waals surface area contributed by atoms with Gasteiger partial charge in [0.05, 0.1) is 0 Å². The minimum absolute atomic E-state index is 1.03. The molecule has 0 amide bonds. The SMILES string of the molecule is [CH]1CCCCCCCCCC(CC2CCCCCCCC[CH]CCCCCCCCC2)CCCCCCCC1. The lowest BCUT2D eigenvalue weighted by Crippen LogP contribution is -2.11. The van der Waals surface area contributed by atoms with Crippen molar-refractivity contribution in [3.8, 4) is 0 Å². The highest BCUT2D eigenvalue weighted by molar-refractivity contribution is 4.70. The van der Waals surface area contributed by atoms with Crippen molar-refractivity contribution < 1.29 is 0 Å². The standard InChI is InChI=1S/C39H74/c1-2-6-10-14-18-22-26-30-34-38(33-29-25-21-17-13-9-5-1)37-39-35-31-27-23-19-15-11-7-3-4-8-12-16-20-24-28-32-36-39/h1,3,38-39H,2,4-37H2. The van der Waals surface area contributed by atoms with Crippen LogP contribution in [0.15, 0.2) is 0 Å². The second-order valence-corrected chi connectivity index (χ2v) is 14.0. The van der Waals surface area contributed by atoms with Gasteiger partial charge in [0.1, 0.15) is 0 Å². The maximum Gasteiger partial charge on any atom is -0.0386 e. The van der Waals surface area contributed by atoms with Gasteiger partial charge in [-0.05, 0) is 31.1 Å². The van der Waals surface area contributed by atoms with Gasteiger partial charge in [-0.1, -0.05) is 218 Å². The average molecular weight is 543 g/mol. The molecule has 0 saturated heterocycles. The minimum Gasteiger partial charge on any atom is -0.0533 e. The van der Waals surface area contributed by atoms with E-state index in [1.54, 1.807) is 32.1 Å². The minimum atomic E-state index is 1.03. The molecule has 230 valence electrons. The summed E-state index contributed by atoms with van der Waals surface area (Å²) < 4.78 is 0. The first-order valence-corrected chi connectivity index (χ1v) is 19.1. The summed E-state index contributed by atoms with van der Waals surface area (Å²) in [6.45, 7) is 0. The molecule has 0 N–H and O–H groups in total. The zero-order valence-corrected chi connectivity index (χ0v) is 27.1. The zero-order valence-electron chi connectivity index (χ0n) is 27.1. The Hall–Kier alpha value is 0. The van der Waals surface area contributed by atoms with Crippen molar-refractivity contribution in [3.63, 3.8) is 0 Å². The Bertz CT molecular complexity index is 385. The normalized spacial score (nSPS) is 25.2. The van der Waals surface area contributed by atoms with E-state index in [4.69, 9.17) is 0 Å². The van der Waals surface area contributed by atoms with Crippen molar-refractivity contribution in [2.75, 3.05) is 0 Å². The summed E-state index contributed by atoms with van der Waals surface area (Å²) in [6.07, 6.45) is 57.1. The molecule has 0 aromatic carbocycles. The van der Waals surface area contributed by atoms with E-state index in [2.05, 4.69) is 12.8 Å². The number of hydrogen-bond acceptors (Lipinski definition) is 0. The third-order valence-corrected chi connectivity index (χ3v) is 10.2. The molecule has 0 aromatic heterocycles. The van der Waals surface area contributed by atoms with Crippen LogP contribution in [0, 0.1) is 24.7 Å². The lowest BCUT2D eigenvalue weighted by atomic mass is 9.82. The molecule has 0 spiro atoms. The fraction of sp³-hybridized carbons (Fsp3) is 0.949. The van der Waals surface area contributed by atoms with Crippen LogP contribution >= 0.6 is 0 Å². The van der Waals surface area contributed by atoms with E-state index < -0.39 is 0 Å². The topological polar surface area (TPSA) is 0 Å². The molecule has 2 saturated carbocycles. The highest BCUT2D eigenvalue weighted by Gasteiger charge is 2.17. The van der Waals surface area contributed by atoms with E-state index in [9.17, 15) is 0 Å². The summed E-state index contributed by atoms with van der Waals surface area (Å²) in [4.78, 5) is 0. The first-order chi connectivity index (χ1) is 19.4. The van der Waals surface area contributed by atoms with Gasteiger partial charge in [-0.15, -0.1) is 0 Å². The monoisotopic (exact) mass is 543 g/mol. The van der Waals surface area contributed by atoms with Crippen LogP contribution in [0.2, 0.25) is 0 Å². The molecule has 2 fully saturated rings. The summed E-state index contributed by atoms with van der Waals surface area (Å²) in [5.74, 6) is 2.06. The van der Waals surface area contributed by atoms with Gasteiger partial charge in [0.15, 0.2) is 0 Å². The van der Waals surface area contributed by atoms with Crippen LogP contribution in [0.1, 0.15) is 225 Å². The second-order valence-electron chi connectivity index (χ2n) is 14.0. The summed E-state index contributed by atoms with van der Waals surface area (Å²) in [5.41, 5.74) is 0. The van der Waals surface area contributed by atoms with Gasteiger partial charge < -0.3 is 0 Å². The molecule has 0 heterocycles. The fourth-order valence-corrected chi connectivity index (χ4v) is 7.59. The van der Waals surface area contributed by atoms with Crippen molar-refractivity contribution >= 4 is 0 Å². The maximum absolute atomic E-state index is 2.59. The average Bonchev–Trinajstić information content (AvgIpc) is 2.94. The van der Waals surface area contributed by atoms with Crippen molar-refractivity contribution in [3.05, 3.63) is 12.8 Å². The van der Waals surface area contributed by atoms with Crippen LogP contribution in [0.25, 0.3) is 0 Å². The van der Waals surface area contributed by atoms with E-state index in [1.807, 2.05) is 0 Å². The van der Waals surface area contributed by atoms with Crippen molar-refractivity contribution in [2.45, 2.75) is 225 Å². The molecular weight excluding hydrogens is 468 g/mol. The third-order valence-electron chi connectivity index (χ3n) is 10.2. The molecule has 0 bridgehead atoms. The Morgan fingerprint density at radius 3 is 0.718 bits per heavy atom. The molecule has 2 unspecified atom stereocenters. The lowest BCUT2D eigenvalue weighted by molar-refractivity contribution is 0.282. The van der Waals surface area contributed by atoms with Crippen LogP contribution in [0.4, 0.5) is 0 Å². The molecule has 2 aliphatic carbocycles. The summed E-state index contributed by atoms with van der Waals surface area (Å²) in [5, 5.41) is 0. The van der Waals surface area contributed by atoms with Crippen LogP contribution < -0.4 is 0 Å². The highest BCUT2D eigenvalue weighted by atomic mass is 14.2. The smallest absolute Gasteiger partial charge is 0.0386 e. The second kappa shape index (κ2) is 28.1. The van der Waals surface area contributed by atoms with Crippen molar-refractivity contribution in [1.82, 2.24) is 0 Å². The van der Waals surface area contributed by atoms with Crippen molar-refractivity contribution in [1.29, 1.82) is 0 Å². The van der Waals surface area contributed by atoms with Crippen LogP contribution in [0.3, 0.4) is 0 Å². The molecule has 0 aliphatic heterocycles. The quantitative estimate of drug-likeness (QED) is 0.325. The third kappa shape index (κ3) is 23.3. The molecule has 2 radical (unpaired) electrons. The van der Waals surface area contributed by atoms with Gasteiger partial charge in [-0.2, -0.15) is 0 Å². The first kappa shape index (κ1) is 35.2. The van der Waals surface area contributed by atoms with E-state index >= 15 is 0 Å². The number of rotatable bonds is 2. The molecular formula is C39H74. The highest BCUT2D eigenvalue weighted by Crippen LogP contribution is 2.31. The summed E-state index contributed by atoms with van der Waals surface area (Å²) in [7, 11) is 0. The largest absolute Gasteiger partial charge is 0.0533 e. The van der Waals surface area contributed by atoms with Crippen LogP contribution in [-0.2, 0) is 0 Å². The van der Waals surface area contributed by atoms with Crippen molar-refractivity contribution in [2.24, 2.45) is 11.8 Å². The lowest BCUT2D eigenvalue weighted by Gasteiger charge is -2.24. The predicted octanol–water partition coefficient (Wildman–Crippen LogP) is 14.3. The van der Waals surface area contributed by atoms with Gasteiger partial charge in [0.25, 0.3) is 0 Å². The van der Waals surface area contributed by atoms with Gasteiger partial charge in [-0.25, -0.2) is 0 Å². The molecule has 2 rings (SSSR count). The Labute approximate surface area is 249 Å². The van der Waals surface area contributed by atoms with Gasteiger partial charge in [-0.3, -0.25) is 0 Å². The molecule has 2 aliphatic rings. The molecule has 0 heteroatoms. The summed E-state index contributed by atoms with van der Waals surface area (Å²) in [6, 6.07) is 0. The zero-order chi connectivity index (χ0) is 27.3. The molecule has 39 heavy (non-hydrogen) atoms.